The van der Waals surface area contributed by atoms with Gasteiger partial charge < -0.3 is 10.1 Å². The first-order valence-corrected chi connectivity index (χ1v) is 8.15. The summed E-state index contributed by atoms with van der Waals surface area (Å²) >= 11 is 5.82. The average Bonchev–Trinajstić information content (AvgIpc) is 2.54. The van der Waals surface area contributed by atoms with E-state index >= 15 is 0 Å². The van der Waals surface area contributed by atoms with E-state index in [0.29, 0.717) is 16.7 Å². The third-order valence-electron chi connectivity index (χ3n) is 3.43. The molecule has 4 heteroatoms. The van der Waals surface area contributed by atoms with E-state index in [1.807, 2.05) is 30.3 Å². The molecule has 0 saturated carbocycles. The van der Waals surface area contributed by atoms with Crippen molar-refractivity contribution in [1.82, 2.24) is 5.32 Å². The van der Waals surface area contributed by atoms with E-state index in [4.69, 9.17) is 16.3 Å². The first kappa shape index (κ1) is 17.4. The van der Waals surface area contributed by atoms with Gasteiger partial charge in [0.25, 0.3) is 5.91 Å². The van der Waals surface area contributed by atoms with E-state index in [2.05, 4.69) is 19.2 Å². The number of hydrogen-bond acceptors (Lipinski definition) is 2. The summed E-state index contributed by atoms with van der Waals surface area (Å²) in [6, 6.07) is 17.0. The van der Waals surface area contributed by atoms with Crippen LogP contribution in [0.3, 0.4) is 0 Å². The number of hydrogen-bond donors (Lipinski definition) is 1. The molecule has 1 atom stereocenters. The first-order valence-electron chi connectivity index (χ1n) is 7.77. The van der Waals surface area contributed by atoms with Crippen molar-refractivity contribution in [3.05, 3.63) is 65.2 Å². The molecule has 1 N–H and O–H groups in total. The lowest BCUT2D eigenvalue weighted by molar-refractivity contribution is -0.124. The second-order valence-electron chi connectivity index (χ2n) is 5.90. The molecule has 0 aliphatic rings. The predicted octanol–water partition coefficient (Wildman–Crippen LogP) is 4.62. The second kappa shape index (κ2) is 8.59. The summed E-state index contributed by atoms with van der Waals surface area (Å²) in [7, 11) is 0. The number of nitrogens with one attached hydrogen (secondary N) is 1. The largest absolute Gasteiger partial charge is 0.484 e. The number of benzene rings is 2. The predicted molar refractivity (Wildman–Crippen MR) is 93.7 cm³/mol. The molecule has 1 amide bonds. The molecule has 2 aromatic rings. The summed E-state index contributed by atoms with van der Waals surface area (Å²) in [4.78, 5) is 12.2. The maximum absolute atomic E-state index is 12.2. The Morgan fingerprint density at radius 1 is 1.09 bits per heavy atom. The molecule has 3 nitrogen and oxygen atoms in total. The molecule has 0 aliphatic heterocycles. The number of halogens is 1. The normalized spacial score (nSPS) is 12.0. The Labute approximate surface area is 142 Å². The lowest BCUT2D eigenvalue weighted by Gasteiger charge is -2.21. The van der Waals surface area contributed by atoms with E-state index in [9.17, 15) is 4.79 Å². The highest BCUT2D eigenvalue weighted by Crippen LogP contribution is 2.21. The van der Waals surface area contributed by atoms with Crippen LogP contribution in [0.15, 0.2) is 54.6 Å². The van der Waals surface area contributed by atoms with Gasteiger partial charge in [-0.2, -0.15) is 0 Å². The van der Waals surface area contributed by atoms with Crippen LogP contribution < -0.4 is 10.1 Å². The van der Waals surface area contributed by atoms with Gasteiger partial charge in [-0.15, -0.1) is 0 Å². The number of amides is 1. The lowest BCUT2D eigenvalue weighted by atomic mass is 9.97. The maximum Gasteiger partial charge on any atom is 0.258 e. The Hall–Kier alpha value is -2.00. The minimum atomic E-state index is -0.130. The van der Waals surface area contributed by atoms with Crippen molar-refractivity contribution in [1.29, 1.82) is 0 Å². The van der Waals surface area contributed by atoms with Crippen molar-refractivity contribution < 1.29 is 9.53 Å². The molecular formula is C19H22ClNO2. The lowest BCUT2D eigenvalue weighted by Crippen LogP contribution is -2.33. The molecule has 2 aromatic carbocycles. The van der Waals surface area contributed by atoms with Gasteiger partial charge in [-0.3, -0.25) is 4.79 Å². The van der Waals surface area contributed by atoms with Crippen molar-refractivity contribution in [2.45, 2.75) is 26.3 Å². The Balaban J connectivity index is 1.93. The Morgan fingerprint density at radius 3 is 2.35 bits per heavy atom. The monoisotopic (exact) mass is 331 g/mol. The molecule has 122 valence electrons. The number of rotatable bonds is 7. The first-order chi connectivity index (χ1) is 11.0. The van der Waals surface area contributed by atoms with Gasteiger partial charge in [-0.1, -0.05) is 55.8 Å². The maximum atomic E-state index is 12.2. The van der Waals surface area contributed by atoms with Crippen LogP contribution in [0.2, 0.25) is 5.02 Å². The molecular weight excluding hydrogens is 310 g/mol. The van der Waals surface area contributed by atoms with Gasteiger partial charge in [0.15, 0.2) is 6.61 Å². The quantitative estimate of drug-likeness (QED) is 0.803. The zero-order chi connectivity index (χ0) is 16.7. The Kier molecular flexibility index (Phi) is 6.48. The van der Waals surface area contributed by atoms with Gasteiger partial charge in [-0.05, 0) is 42.2 Å². The summed E-state index contributed by atoms with van der Waals surface area (Å²) in [6.07, 6.45) is 0.886. The topological polar surface area (TPSA) is 38.3 Å². The molecule has 0 aliphatic carbocycles. The zero-order valence-corrected chi connectivity index (χ0v) is 14.2. The van der Waals surface area contributed by atoms with Gasteiger partial charge in [0.2, 0.25) is 0 Å². The molecule has 2 rings (SSSR count). The van der Waals surface area contributed by atoms with E-state index in [1.165, 1.54) is 0 Å². The van der Waals surface area contributed by atoms with Crippen LogP contribution in [-0.2, 0) is 4.79 Å². The van der Waals surface area contributed by atoms with Crippen molar-refractivity contribution in [3.8, 4) is 5.75 Å². The number of carbonyl (C=O) groups is 1. The van der Waals surface area contributed by atoms with Crippen molar-refractivity contribution in [2.24, 2.45) is 5.92 Å². The van der Waals surface area contributed by atoms with Crippen LogP contribution in [0.1, 0.15) is 31.9 Å². The van der Waals surface area contributed by atoms with Crippen LogP contribution in [0.5, 0.6) is 5.75 Å². The van der Waals surface area contributed by atoms with Crippen LogP contribution in [0, 0.1) is 5.92 Å². The number of carbonyl (C=O) groups excluding carboxylic acids is 1. The average molecular weight is 332 g/mol. The van der Waals surface area contributed by atoms with Crippen LogP contribution in [0.25, 0.3) is 0 Å². The highest BCUT2D eigenvalue weighted by Gasteiger charge is 2.16. The number of ether oxygens (including phenoxy) is 1. The van der Waals surface area contributed by atoms with Gasteiger partial charge in [0.05, 0.1) is 6.04 Å². The highest BCUT2D eigenvalue weighted by atomic mass is 35.5. The Bertz CT molecular complexity index is 611. The minimum absolute atomic E-state index is 0.00230. The fraction of sp³-hybridized carbons (Fsp3) is 0.316. The Morgan fingerprint density at radius 2 is 1.74 bits per heavy atom. The van der Waals surface area contributed by atoms with E-state index in [1.54, 1.807) is 24.3 Å². The molecule has 0 radical (unpaired) electrons. The fourth-order valence-electron chi connectivity index (χ4n) is 2.35. The molecule has 0 spiro atoms. The molecule has 0 saturated heterocycles. The van der Waals surface area contributed by atoms with Gasteiger partial charge in [0, 0.05) is 5.02 Å². The third-order valence-corrected chi connectivity index (χ3v) is 3.68. The summed E-state index contributed by atoms with van der Waals surface area (Å²) < 4.78 is 5.49. The van der Waals surface area contributed by atoms with Gasteiger partial charge in [0.1, 0.15) is 5.75 Å². The van der Waals surface area contributed by atoms with Crippen molar-refractivity contribution >= 4 is 17.5 Å². The van der Waals surface area contributed by atoms with Crippen LogP contribution >= 0.6 is 11.6 Å². The zero-order valence-electron chi connectivity index (χ0n) is 13.5. The molecule has 0 aromatic heterocycles. The van der Waals surface area contributed by atoms with Crippen LogP contribution in [-0.4, -0.2) is 12.5 Å². The molecule has 0 bridgehead atoms. The fourth-order valence-corrected chi connectivity index (χ4v) is 2.48. The molecule has 0 heterocycles. The summed E-state index contributed by atoms with van der Waals surface area (Å²) in [6.45, 7) is 4.28. The van der Waals surface area contributed by atoms with Crippen molar-refractivity contribution in [3.63, 3.8) is 0 Å². The van der Waals surface area contributed by atoms with Gasteiger partial charge >= 0.3 is 0 Å². The molecule has 0 fully saturated rings. The minimum Gasteiger partial charge on any atom is -0.484 e. The second-order valence-corrected chi connectivity index (χ2v) is 6.34. The van der Waals surface area contributed by atoms with E-state index in [0.717, 1.165) is 12.0 Å². The standard InChI is InChI=1S/C19H22ClNO2/c1-14(2)12-18(15-6-4-3-5-7-15)21-19(22)13-23-17-10-8-16(20)9-11-17/h3-11,14,18H,12-13H2,1-2H3,(H,21,22)/t18-/m0/s1. The SMILES string of the molecule is CC(C)C[C@H](NC(=O)COc1ccc(Cl)cc1)c1ccccc1. The van der Waals surface area contributed by atoms with Crippen LogP contribution in [0.4, 0.5) is 0 Å². The summed E-state index contributed by atoms with van der Waals surface area (Å²) in [5.74, 6) is 0.983. The van der Waals surface area contributed by atoms with E-state index in [-0.39, 0.29) is 18.6 Å². The molecule has 0 unspecified atom stereocenters. The summed E-state index contributed by atoms with van der Waals surface area (Å²) in [5.41, 5.74) is 1.11. The van der Waals surface area contributed by atoms with E-state index < -0.39 is 0 Å². The third kappa shape index (κ3) is 5.95. The molecule has 23 heavy (non-hydrogen) atoms. The smallest absolute Gasteiger partial charge is 0.258 e. The van der Waals surface area contributed by atoms with Crippen molar-refractivity contribution in [2.75, 3.05) is 6.61 Å². The van der Waals surface area contributed by atoms with Gasteiger partial charge in [-0.25, -0.2) is 0 Å². The highest BCUT2D eigenvalue weighted by molar-refractivity contribution is 6.30. The summed E-state index contributed by atoms with van der Waals surface area (Å²) in [5, 5.41) is 3.70.